The van der Waals surface area contributed by atoms with Crippen LogP contribution in [0.5, 0.6) is 0 Å². The minimum absolute atomic E-state index is 0.111. The topological polar surface area (TPSA) is 43.9 Å². The third-order valence-electron chi connectivity index (χ3n) is 8.29. The van der Waals surface area contributed by atoms with Crippen molar-refractivity contribution in [3.8, 4) is 0 Å². The third-order valence-corrected chi connectivity index (χ3v) is 9.02. The first-order chi connectivity index (χ1) is 14.9. The van der Waals surface area contributed by atoms with Gasteiger partial charge in [-0.15, -0.1) is 11.8 Å². The Bertz CT molecular complexity index is 919. The third kappa shape index (κ3) is 3.62. The minimum atomic E-state index is -0.154. The van der Waals surface area contributed by atoms with E-state index in [1.165, 1.54) is 17.7 Å². The van der Waals surface area contributed by atoms with E-state index < -0.39 is 0 Å². The molecule has 1 saturated carbocycles. The van der Waals surface area contributed by atoms with E-state index in [1.807, 2.05) is 35.4 Å². The van der Waals surface area contributed by atoms with Crippen LogP contribution in [-0.4, -0.2) is 60.2 Å². The number of anilines is 1. The van der Waals surface area contributed by atoms with E-state index >= 15 is 0 Å². The zero-order valence-corrected chi connectivity index (χ0v) is 19.7. The highest BCUT2D eigenvalue weighted by Gasteiger charge is 2.51. The number of piperidine rings is 1. The maximum Gasteiger partial charge on any atom is 0.332 e. The van der Waals surface area contributed by atoms with Crippen molar-refractivity contribution in [2.24, 2.45) is 17.3 Å². The molecule has 2 atom stereocenters. The van der Waals surface area contributed by atoms with E-state index in [4.69, 9.17) is 0 Å². The molecule has 2 aliphatic heterocycles. The lowest BCUT2D eigenvalue weighted by molar-refractivity contribution is -0.116. The van der Waals surface area contributed by atoms with Gasteiger partial charge in [0.05, 0.1) is 5.69 Å². The molecule has 0 spiro atoms. The SMILES string of the molecule is CSc1cccc(N2C(=O)CN(C3CCN(CC4=CC[C@H]5C[C@@H]4C5(C)C)CC3)C2=O)c1. The Morgan fingerprint density at radius 3 is 2.61 bits per heavy atom. The first-order valence-electron chi connectivity index (χ1n) is 11.6. The van der Waals surface area contributed by atoms with Gasteiger partial charge in [-0.3, -0.25) is 9.69 Å². The summed E-state index contributed by atoms with van der Waals surface area (Å²) in [4.78, 5) is 32.6. The number of likely N-dealkylation sites (tertiary alicyclic amines) is 1. The molecule has 2 saturated heterocycles. The van der Waals surface area contributed by atoms with Gasteiger partial charge >= 0.3 is 6.03 Å². The van der Waals surface area contributed by atoms with Crippen molar-refractivity contribution in [3.05, 3.63) is 35.9 Å². The van der Waals surface area contributed by atoms with Gasteiger partial charge in [-0.1, -0.05) is 31.6 Å². The van der Waals surface area contributed by atoms with Gasteiger partial charge in [-0.05, 0) is 67.4 Å². The Labute approximate surface area is 189 Å². The van der Waals surface area contributed by atoms with Crippen LogP contribution in [0, 0.1) is 17.3 Å². The number of imide groups is 1. The number of carbonyl (C=O) groups is 2. The first-order valence-corrected chi connectivity index (χ1v) is 12.8. The molecule has 2 heterocycles. The fraction of sp³-hybridized carbons (Fsp3) is 0.600. The van der Waals surface area contributed by atoms with Crippen LogP contribution in [0.2, 0.25) is 0 Å². The predicted octanol–water partition coefficient (Wildman–Crippen LogP) is 4.63. The summed E-state index contributed by atoms with van der Waals surface area (Å²) >= 11 is 1.62. The summed E-state index contributed by atoms with van der Waals surface area (Å²) in [5, 5.41) is 0. The lowest BCUT2D eigenvalue weighted by atomic mass is 9.49. The van der Waals surface area contributed by atoms with Crippen molar-refractivity contribution < 1.29 is 9.59 Å². The zero-order valence-electron chi connectivity index (χ0n) is 18.8. The van der Waals surface area contributed by atoms with E-state index in [9.17, 15) is 9.59 Å². The van der Waals surface area contributed by atoms with Gasteiger partial charge in [-0.25, -0.2) is 9.69 Å². The highest BCUT2D eigenvalue weighted by atomic mass is 32.2. The molecule has 31 heavy (non-hydrogen) atoms. The van der Waals surface area contributed by atoms with Crippen LogP contribution in [0.1, 0.15) is 39.5 Å². The van der Waals surface area contributed by atoms with Crippen molar-refractivity contribution >= 4 is 29.4 Å². The lowest BCUT2D eigenvalue weighted by Crippen LogP contribution is -2.51. The van der Waals surface area contributed by atoms with Crippen molar-refractivity contribution in [1.82, 2.24) is 9.80 Å². The van der Waals surface area contributed by atoms with Gasteiger partial charge in [0, 0.05) is 30.6 Å². The number of amides is 3. The second kappa shape index (κ2) is 7.96. The van der Waals surface area contributed by atoms with E-state index in [0.717, 1.165) is 49.2 Å². The molecule has 166 valence electrons. The van der Waals surface area contributed by atoms with Crippen molar-refractivity contribution in [3.63, 3.8) is 0 Å². The summed E-state index contributed by atoms with van der Waals surface area (Å²) in [6.07, 6.45) is 9.00. The van der Waals surface area contributed by atoms with E-state index in [1.54, 1.807) is 17.3 Å². The number of nitrogens with zero attached hydrogens (tertiary/aromatic N) is 3. The van der Waals surface area contributed by atoms with Crippen LogP contribution in [0.4, 0.5) is 10.5 Å². The van der Waals surface area contributed by atoms with E-state index in [2.05, 4.69) is 24.8 Å². The number of allylic oxidation sites excluding steroid dienone is 1. The molecule has 1 aromatic carbocycles. The molecule has 6 heteroatoms. The van der Waals surface area contributed by atoms with Gasteiger partial charge in [0.15, 0.2) is 0 Å². The summed E-state index contributed by atoms with van der Waals surface area (Å²) in [6.45, 7) is 8.14. The van der Waals surface area contributed by atoms with Crippen LogP contribution in [-0.2, 0) is 4.79 Å². The molecule has 5 nitrogen and oxygen atoms in total. The normalized spacial score (nSPS) is 28.7. The van der Waals surface area contributed by atoms with Gasteiger partial charge in [-0.2, -0.15) is 0 Å². The second-order valence-corrected chi connectivity index (χ2v) is 11.0. The standard InChI is InChI=1S/C25H33N3O2S/c1-25(2)18-8-7-17(22(25)13-18)15-26-11-9-19(10-12-26)27-16-23(29)28(24(27)30)20-5-4-6-21(14-20)31-3/h4-7,14,18-19,22H,8-13,15-16H2,1-3H3/t18-,22-/m0/s1. The van der Waals surface area contributed by atoms with Crippen molar-refractivity contribution in [2.75, 3.05) is 37.3 Å². The molecule has 0 radical (unpaired) electrons. The molecular weight excluding hydrogens is 406 g/mol. The number of rotatable bonds is 5. The number of benzene rings is 1. The summed E-state index contributed by atoms with van der Waals surface area (Å²) in [5.74, 6) is 1.53. The molecule has 0 aromatic heterocycles. The molecule has 1 aromatic rings. The minimum Gasteiger partial charge on any atom is -0.312 e. The lowest BCUT2D eigenvalue weighted by Gasteiger charge is -2.57. The van der Waals surface area contributed by atoms with E-state index in [0.29, 0.717) is 11.1 Å². The molecular formula is C25H33N3O2S. The summed E-state index contributed by atoms with van der Waals surface area (Å²) < 4.78 is 0. The number of carbonyl (C=O) groups excluding carboxylic acids is 2. The van der Waals surface area contributed by atoms with Crippen LogP contribution >= 0.6 is 11.8 Å². The van der Waals surface area contributed by atoms with Gasteiger partial charge in [0.25, 0.3) is 5.91 Å². The number of hydrogen-bond donors (Lipinski definition) is 0. The van der Waals surface area contributed by atoms with Gasteiger partial charge in [0.2, 0.25) is 0 Å². The van der Waals surface area contributed by atoms with Crippen LogP contribution in [0.3, 0.4) is 0 Å². The van der Waals surface area contributed by atoms with Crippen LogP contribution in [0.15, 0.2) is 40.8 Å². The average Bonchev–Trinajstić information content (AvgIpc) is 3.08. The predicted molar refractivity (Wildman–Crippen MR) is 125 cm³/mol. The highest BCUT2D eigenvalue weighted by molar-refractivity contribution is 7.98. The van der Waals surface area contributed by atoms with E-state index in [-0.39, 0.29) is 24.5 Å². The molecule has 0 unspecified atom stereocenters. The molecule has 6 rings (SSSR count). The summed E-state index contributed by atoms with van der Waals surface area (Å²) in [6, 6.07) is 7.70. The van der Waals surface area contributed by atoms with Crippen LogP contribution in [0.25, 0.3) is 0 Å². The Morgan fingerprint density at radius 2 is 1.94 bits per heavy atom. The monoisotopic (exact) mass is 439 g/mol. The fourth-order valence-corrected chi connectivity index (χ4v) is 6.56. The number of hydrogen-bond acceptors (Lipinski definition) is 4. The van der Waals surface area contributed by atoms with Gasteiger partial charge in [0.1, 0.15) is 6.54 Å². The van der Waals surface area contributed by atoms with Crippen LogP contribution < -0.4 is 4.90 Å². The summed E-state index contributed by atoms with van der Waals surface area (Å²) in [5.41, 5.74) is 2.80. The number of fused-ring (bicyclic) bond motifs is 1. The molecule has 3 amide bonds. The molecule has 0 N–H and O–H groups in total. The number of urea groups is 1. The van der Waals surface area contributed by atoms with Gasteiger partial charge < -0.3 is 4.90 Å². The first kappa shape index (κ1) is 21.1. The molecule has 2 bridgehead atoms. The average molecular weight is 440 g/mol. The maximum absolute atomic E-state index is 13.1. The molecule has 3 fully saturated rings. The molecule has 5 aliphatic rings. The quantitative estimate of drug-likeness (QED) is 0.381. The Balaban J connectivity index is 1.20. The molecule has 3 aliphatic carbocycles. The van der Waals surface area contributed by atoms with Crippen molar-refractivity contribution in [2.45, 2.75) is 50.5 Å². The Hall–Kier alpha value is -1.79. The Morgan fingerprint density at radius 1 is 1.16 bits per heavy atom. The summed E-state index contributed by atoms with van der Waals surface area (Å²) in [7, 11) is 0. The highest BCUT2D eigenvalue weighted by Crippen LogP contribution is 2.59. The zero-order chi connectivity index (χ0) is 21.8. The Kier molecular flexibility index (Phi) is 5.41. The maximum atomic E-state index is 13.1. The smallest absolute Gasteiger partial charge is 0.312 e. The largest absolute Gasteiger partial charge is 0.332 e. The number of thioether (sulfide) groups is 1. The second-order valence-electron chi connectivity index (χ2n) is 10.2. The fourth-order valence-electron chi connectivity index (χ4n) is 6.11. The van der Waals surface area contributed by atoms with Crippen molar-refractivity contribution in [1.29, 1.82) is 0 Å².